The molecule has 0 saturated carbocycles. The summed E-state index contributed by atoms with van der Waals surface area (Å²) in [6.07, 6.45) is -1.68. The van der Waals surface area contributed by atoms with Gasteiger partial charge in [-0.2, -0.15) is 0 Å². The van der Waals surface area contributed by atoms with Gasteiger partial charge in [-0.15, -0.1) is 11.6 Å². The summed E-state index contributed by atoms with van der Waals surface area (Å²) in [4.78, 5) is 12.0. The van der Waals surface area contributed by atoms with Crippen molar-refractivity contribution in [3.8, 4) is 0 Å². The summed E-state index contributed by atoms with van der Waals surface area (Å²) in [7, 11) is 1.36. The Labute approximate surface area is 75.5 Å². The smallest absolute Gasteiger partial charge is 0.255 e. The molecule has 0 heterocycles. The number of carbonyl (C=O) groups is 1. The first-order chi connectivity index (χ1) is 5.57. The molecule has 2 nitrogen and oxygen atoms in total. The molecule has 0 rings (SSSR count). The van der Waals surface area contributed by atoms with Gasteiger partial charge in [0.05, 0.1) is 6.54 Å². The Hall–Kier alpha value is -0.380. The molecule has 0 aliphatic heterocycles. The van der Waals surface area contributed by atoms with Crippen LogP contribution < -0.4 is 0 Å². The van der Waals surface area contributed by atoms with E-state index in [9.17, 15) is 13.6 Å². The van der Waals surface area contributed by atoms with E-state index in [1.165, 1.54) is 7.05 Å². The Morgan fingerprint density at radius 3 is 2.58 bits per heavy atom. The van der Waals surface area contributed by atoms with Crippen LogP contribution in [0.3, 0.4) is 0 Å². The first-order valence-corrected chi connectivity index (χ1v) is 4.19. The maximum atomic E-state index is 11.7. The molecular formula is C7H12ClF2NO. The first kappa shape index (κ1) is 11.6. The predicted octanol–water partition coefficient (Wildman–Crippen LogP) is 1.73. The van der Waals surface area contributed by atoms with Crippen molar-refractivity contribution in [3.63, 3.8) is 0 Å². The highest BCUT2D eigenvalue weighted by Gasteiger charge is 2.12. The molecule has 0 aromatic carbocycles. The minimum absolute atomic E-state index is 0.243. The zero-order valence-electron chi connectivity index (χ0n) is 6.90. The Bertz CT molecular complexity index is 143. The van der Waals surface area contributed by atoms with Crippen LogP contribution in [0, 0.1) is 0 Å². The van der Waals surface area contributed by atoms with Gasteiger partial charge in [-0.1, -0.05) is 0 Å². The second-order valence-electron chi connectivity index (χ2n) is 2.46. The summed E-state index contributed by atoms with van der Waals surface area (Å²) < 4.78 is 23.5. The molecule has 1 amide bonds. The van der Waals surface area contributed by atoms with Crippen LogP contribution in [0.5, 0.6) is 0 Å². The molecule has 0 saturated heterocycles. The zero-order valence-corrected chi connectivity index (χ0v) is 7.65. The SMILES string of the molecule is CN(CC(F)F)C(=O)CCCCl. The molecule has 72 valence electrons. The third-order valence-electron chi connectivity index (χ3n) is 1.36. The van der Waals surface area contributed by atoms with Crippen LogP contribution in [0.25, 0.3) is 0 Å². The highest BCUT2D eigenvalue weighted by molar-refractivity contribution is 6.17. The van der Waals surface area contributed by atoms with Crippen LogP contribution in [-0.2, 0) is 4.79 Å². The highest BCUT2D eigenvalue weighted by Crippen LogP contribution is 2.00. The summed E-state index contributed by atoms with van der Waals surface area (Å²) >= 11 is 5.34. The van der Waals surface area contributed by atoms with E-state index in [2.05, 4.69) is 0 Å². The van der Waals surface area contributed by atoms with Gasteiger partial charge in [0, 0.05) is 19.3 Å². The van der Waals surface area contributed by atoms with E-state index in [1.54, 1.807) is 0 Å². The maximum Gasteiger partial charge on any atom is 0.255 e. The van der Waals surface area contributed by atoms with E-state index in [1.807, 2.05) is 0 Å². The van der Waals surface area contributed by atoms with Crippen LogP contribution in [0.2, 0.25) is 0 Å². The molecule has 0 aliphatic rings. The molecule has 0 radical (unpaired) electrons. The summed E-state index contributed by atoms with van der Waals surface area (Å²) in [6.45, 7) is -0.499. The van der Waals surface area contributed by atoms with Crippen LogP contribution in [0.1, 0.15) is 12.8 Å². The molecule has 0 aromatic heterocycles. The lowest BCUT2D eigenvalue weighted by molar-refractivity contribution is -0.131. The van der Waals surface area contributed by atoms with Crippen molar-refractivity contribution < 1.29 is 13.6 Å². The number of nitrogens with zero attached hydrogens (tertiary/aromatic N) is 1. The van der Waals surface area contributed by atoms with Crippen molar-refractivity contribution in [1.82, 2.24) is 4.90 Å². The lowest BCUT2D eigenvalue weighted by Gasteiger charge is -2.15. The molecule has 0 fully saturated rings. The number of hydrogen-bond donors (Lipinski definition) is 0. The summed E-state index contributed by atoms with van der Waals surface area (Å²) in [5, 5.41) is 0. The average molecular weight is 200 g/mol. The van der Waals surface area contributed by atoms with Gasteiger partial charge >= 0.3 is 0 Å². The minimum Gasteiger partial charge on any atom is -0.340 e. The monoisotopic (exact) mass is 199 g/mol. The third-order valence-corrected chi connectivity index (χ3v) is 1.63. The molecule has 0 unspecified atom stereocenters. The minimum atomic E-state index is -2.46. The van der Waals surface area contributed by atoms with Gasteiger partial charge in [0.15, 0.2) is 0 Å². The van der Waals surface area contributed by atoms with Crippen molar-refractivity contribution in [1.29, 1.82) is 0 Å². The van der Waals surface area contributed by atoms with E-state index in [-0.39, 0.29) is 12.3 Å². The van der Waals surface area contributed by atoms with Gasteiger partial charge in [0.1, 0.15) is 0 Å². The van der Waals surface area contributed by atoms with Crippen LogP contribution in [0.4, 0.5) is 8.78 Å². The van der Waals surface area contributed by atoms with Crippen molar-refractivity contribution in [2.75, 3.05) is 19.5 Å². The second-order valence-corrected chi connectivity index (χ2v) is 2.84. The number of halogens is 3. The van der Waals surface area contributed by atoms with E-state index in [0.29, 0.717) is 12.3 Å². The quantitative estimate of drug-likeness (QED) is 0.618. The molecule has 0 aliphatic carbocycles. The Kier molecular flexibility index (Phi) is 5.98. The number of carbonyl (C=O) groups excluding carboxylic acids is 1. The normalized spacial score (nSPS) is 10.4. The lowest BCUT2D eigenvalue weighted by Crippen LogP contribution is -2.31. The average Bonchev–Trinajstić information content (AvgIpc) is 1.98. The molecule has 0 atom stereocenters. The summed E-state index contributed by atoms with van der Waals surface area (Å²) in [5.74, 6) is 0.102. The first-order valence-electron chi connectivity index (χ1n) is 3.66. The third kappa shape index (κ3) is 5.29. The van der Waals surface area contributed by atoms with Crippen molar-refractivity contribution >= 4 is 17.5 Å². The molecule has 0 bridgehead atoms. The zero-order chi connectivity index (χ0) is 9.56. The number of amides is 1. The molecule has 5 heteroatoms. The van der Waals surface area contributed by atoms with Gasteiger partial charge < -0.3 is 4.90 Å². The van der Waals surface area contributed by atoms with E-state index < -0.39 is 13.0 Å². The summed E-state index contributed by atoms with van der Waals surface area (Å²) in [5.41, 5.74) is 0. The Balaban J connectivity index is 3.61. The molecule has 0 spiro atoms. The molecule has 12 heavy (non-hydrogen) atoms. The van der Waals surface area contributed by atoms with Gasteiger partial charge in [0.2, 0.25) is 5.91 Å². The van der Waals surface area contributed by atoms with E-state index in [4.69, 9.17) is 11.6 Å². The van der Waals surface area contributed by atoms with Gasteiger partial charge in [-0.05, 0) is 6.42 Å². The summed E-state index contributed by atoms with van der Waals surface area (Å²) in [6, 6.07) is 0. The molecule has 0 aromatic rings. The van der Waals surface area contributed by atoms with E-state index >= 15 is 0 Å². The van der Waals surface area contributed by atoms with Gasteiger partial charge in [0.25, 0.3) is 6.43 Å². The molecule has 0 N–H and O–H groups in total. The van der Waals surface area contributed by atoms with Crippen molar-refractivity contribution in [2.45, 2.75) is 19.3 Å². The predicted molar refractivity (Wildman–Crippen MR) is 43.6 cm³/mol. The Morgan fingerprint density at radius 1 is 1.58 bits per heavy atom. The lowest BCUT2D eigenvalue weighted by atomic mass is 10.3. The fraction of sp³-hybridized carbons (Fsp3) is 0.857. The van der Waals surface area contributed by atoms with Crippen molar-refractivity contribution in [3.05, 3.63) is 0 Å². The van der Waals surface area contributed by atoms with Crippen LogP contribution in [0.15, 0.2) is 0 Å². The second kappa shape index (κ2) is 6.17. The standard InChI is InChI=1S/C7H12ClF2NO/c1-11(5-6(9)10)7(12)3-2-4-8/h6H,2-5H2,1H3. The van der Waals surface area contributed by atoms with Gasteiger partial charge in [-0.3, -0.25) is 4.79 Å². The topological polar surface area (TPSA) is 20.3 Å². The number of rotatable bonds is 5. The van der Waals surface area contributed by atoms with E-state index in [0.717, 1.165) is 4.90 Å². The fourth-order valence-electron chi connectivity index (χ4n) is 0.718. The fourth-order valence-corrected chi connectivity index (χ4v) is 0.851. The Morgan fingerprint density at radius 2 is 2.17 bits per heavy atom. The number of hydrogen-bond acceptors (Lipinski definition) is 1. The molecular weight excluding hydrogens is 188 g/mol. The highest BCUT2D eigenvalue weighted by atomic mass is 35.5. The maximum absolute atomic E-state index is 11.7. The van der Waals surface area contributed by atoms with Gasteiger partial charge in [-0.25, -0.2) is 8.78 Å². The largest absolute Gasteiger partial charge is 0.340 e. The van der Waals surface area contributed by atoms with Crippen molar-refractivity contribution in [2.24, 2.45) is 0 Å². The van der Waals surface area contributed by atoms with Crippen LogP contribution >= 0.6 is 11.6 Å². The number of alkyl halides is 3. The van der Waals surface area contributed by atoms with Crippen LogP contribution in [-0.4, -0.2) is 36.7 Å².